The first-order valence-electron chi connectivity index (χ1n) is 14.1. The summed E-state index contributed by atoms with van der Waals surface area (Å²) in [6.07, 6.45) is 5.52. The van der Waals surface area contributed by atoms with Gasteiger partial charge in [-0.3, -0.25) is 9.59 Å². The largest absolute Gasteiger partial charge is 0.356 e. The van der Waals surface area contributed by atoms with E-state index < -0.39 is 9.84 Å². The zero-order valence-corrected chi connectivity index (χ0v) is 25.0. The number of rotatable bonds is 12. The minimum atomic E-state index is -3.25. The molecule has 0 spiro atoms. The maximum Gasteiger partial charge on any atom is 0.224 e. The van der Waals surface area contributed by atoms with Crippen molar-refractivity contribution in [1.29, 1.82) is 0 Å². The molecule has 1 unspecified atom stereocenters. The zero-order chi connectivity index (χ0) is 29.3. The van der Waals surface area contributed by atoms with Crippen LogP contribution in [0.4, 0.5) is 4.39 Å². The minimum absolute atomic E-state index is 0.0200. The molecule has 0 radical (unpaired) electrons. The van der Waals surface area contributed by atoms with Gasteiger partial charge in [0, 0.05) is 25.8 Å². The Hall–Kier alpha value is -2.78. The molecule has 0 saturated carbocycles. The quantitative estimate of drug-likeness (QED) is 0.385. The molecule has 0 aromatic heterocycles. The molecule has 3 rings (SSSR count). The van der Waals surface area contributed by atoms with Gasteiger partial charge in [-0.25, -0.2) is 12.8 Å². The van der Waals surface area contributed by atoms with Crippen molar-refractivity contribution < 1.29 is 22.4 Å². The van der Waals surface area contributed by atoms with Gasteiger partial charge in [-0.1, -0.05) is 45.0 Å². The molecule has 1 heterocycles. The van der Waals surface area contributed by atoms with E-state index in [1.807, 2.05) is 26.8 Å². The first-order valence-corrected chi connectivity index (χ1v) is 16.0. The molecule has 1 fully saturated rings. The van der Waals surface area contributed by atoms with E-state index in [-0.39, 0.29) is 40.4 Å². The van der Waals surface area contributed by atoms with Gasteiger partial charge < -0.3 is 15.5 Å². The van der Waals surface area contributed by atoms with E-state index in [0.717, 1.165) is 56.3 Å². The van der Waals surface area contributed by atoms with E-state index in [0.29, 0.717) is 25.3 Å². The number of likely N-dealkylation sites (tertiary alicyclic amines) is 1. The molecule has 0 bridgehead atoms. The van der Waals surface area contributed by atoms with Gasteiger partial charge in [0.1, 0.15) is 5.82 Å². The lowest BCUT2D eigenvalue weighted by Gasteiger charge is -2.33. The Labute approximate surface area is 238 Å². The lowest BCUT2D eigenvalue weighted by atomic mass is 9.91. The second-order valence-electron chi connectivity index (χ2n) is 12.2. The number of nitrogens with one attached hydrogen (secondary N) is 2. The normalized spacial score (nSPS) is 15.9. The fourth-order valence-electron chi connectivity index (χ4n) is 5.10. The summed E-state index contributed by atoms with van der Waals surface area (Å²) < 4.78 is 37.1. The summed E-state index contributed by atoms with van der Waals surface area (Å²) in [4.78, 5) is 27.6. The van der Waals surface area contributed by atoms with Gasteiger partial charge in [-0.2, -0.15) is 0 Å². The van der Waals surface area contributed by atoms with Crippen LogP contribution in [0.5, 0.6) is 0 Å². The van der Waals surface area contributed by atoms with Crippen molar-refractivity contribution in [2.75, 3.05) is 32.4 Å². The molecule has 2 N–H and O–H groups in total. The molecule has 2 aromatic rings. The lowest BCUT2D eigenvalue weighted by molar-refractivity contribution is -0.123. The third-order valence-corrected chi connectivity index (χ3v) is 8.44. The van der Waals surface area contributed by atoms with E-state index in [1.165, 1.54) is 24.3 Å². The van der Waals surface area contributed by atoms with Crippen LogP contribution in [-0.2, 0) is 25.8 Å². The van der Waals surface area contributed by atoms with Gasteiger partial charge in [-0.15, -0.1) is 0 Å². The standard InChI is InChI=1S/C31H44FN3O4S/c1-31(2,3)22-30(37)34-28(25-6-5-7-26(32)21-25)15-19-35-17-13-23(14-18-35)12-16-33-29(36)20-24-8-10-27(11-9-24)40(4,38)39/h5-11,21,23,28H,12-20,22H2,1-4H3,(H,33,36)(H,34,37). The maximum atomic E-state index is 13.9. The number of sulfone groups is 1. The number of carbonyl (C=O) groups is 2. The molecule has 2 aromatic carbocycles. The number of benzene rings is 2. The van der Waals surface area contributed by atoms with Crippen molar-refractivity contribution >= 4 is 21.7 Å². The molecular formula is C31H44FN3O4S. The molecule has 0 aliphatic carbocycles. The van der Waals surface area contributed by atoms with Crippen LogP contribution >= 0.6 is 0 Å². The first-order chi connectivity index (χ1) is 18.8. The van der Waals surface area contributed by atoms with E-state index in [9.17, 15) is 22.4 Å². The molecule has 1 saturated heterocycles. The molecule has 220 valence electrons. The maximum absolute atomic E-state index is 13.9. The second kappa shape index (κ2) is 14.2. The summed E-state index contributed by atoms with van der Waals surface area (Å²) in [5, 5.41) is 6.12. The molecule has 7 nitrogen and oxygen atoms in total. The molecule has 9 heteroatoms. The number of halogens is 1. The Balaban J connectivity index is 1.40. The Kier molecular flexibility index (Phi) is 11.3. The molecule has 1 atom stereocenters. The fourth-order valence-corrected chi connectivity index (χ4v) is 5.73. The highest BCUT2D eigenvalue weighted by Gasteiger charge is 2.23. The Morgan fingerprint density at radius 3 is 2.33 bits per heavy atom. The molecule has 1 aliphatic rings. The zero-order valence-electron chi connectivity index (χ0n) is 24.2. The van der Waals surface area contributed by atoms with Crippen LogP contribution in [0.2, 0.25) is 0 Å². The smallest absolute Gasteiger partial charge is 0.224 e. The average Bonchev–Trinajstić information content (AvgIpc) is 2.86. The van der Waals surface area contributed by atoms with Gasteiger partial charge >= 0.3 is 0 Å². The van der Waals surface area contributed by atoms with E-state index in [2.05, 4.69) is 15.5 Å². The lowest BCUT2D eigenvalue weighted by Crippen LogP contribution is -2.38. The predicted molar refractivity (Wildman–Crippen MR) is 156 cm³/mol. The SMILES string of the molecule is CC(C)(C)CC(=O)NC(CCN1CCC(CCNC(=O)Cc2ccc(S(C)(=O)=O)cc2)CC1)c1cccc(F)c1. The van der Waals surface area contributed by atoms with Gasteiger partial charge in [0.05, 0.1) is 17.4 Å². The summed E-state index contributed by atoms with van der Waals surface area (Å²) in [7, 11) is -3.25. The molecule has 40 heavy (non-hydrogen) atoms. The van der Waals surface area contributed by atoms with Crippen LogP contribution in [-0.4, -0.2) is 57.6 Å². The van der Waals surface area contributed by atoms with Crippen LogP contribution in [0.15, 0.2) is 53.4 Å². The highest BCUT2D eigenvalue weighted by Crippen LogP contribution is 2.25. The van der Waals surface area contributed by atoms with Gasteiger partial charge in [0.2, 0.25) is 11.8 Å². The highest BCUT2D eigenvalue weighted by molar-refractivity contribution is 7.90. The Bertz CT molecular complexity index is 1230. The van der Waals surface area contributed by atoms with Crippen LogP contribution in [0.25, 0.3) is 0 Å². The van der Waals surface area contributed by atoms with Gasteiger partial charge in [-0.05, 0) is 85.5 Å². The monoisotopic (exact) mass is 573 g/mol. The van der Waals surface area contributed by atoms with Crippen molar-refractivity contribution in [3.05, 3.63) is 65.5 Å². The number of carbonyl (C=O) groups excluding carboxylic acids is 2. The van der Waals surface area contributed by atoms with E-state index in [1.54, 1.807) is 18.2 Å². The third-order valence-electron chi connectivity index (χ3n) is 7.31. The Morgan fingerprint density at radius 2 is 1.73 bits per heavy atom. The van der Waals surface area contributed by atoms with Crippen LogP contribution < -0.4 is 10.6 Å². The van der Waals surface area contributed by atoms with Crippen molar-refractivity contribution in [2.45, 2.75) is 70.2 Å². The van der Waals surface area contributed by atoms with E-state index in [4.69, 9.17) is 0 Å². The van der Waals surface area contributed by atoms with Crippen molar-refractivity contribution in [1.82, 2.24) is 15.5 Å². The van der Waals surface area contributed by atoms with Gasteiger partial charge in [0.15, 0.2) is 9.84 Å². The third kappa shape index (κ3) is 11.0. The average molecular weight is 574 g/mol. The summed E-state index contributed by atoms with van der Waals surface area (Å²) >= 11 is 0. The Morgan fingerprint density at radius 1 is 1.05 bits per heavy atom. The highest BCUT2D eigenvalue weighted by atomic mass is 32.2. The van der Waals surface area contributed by atoms with Crippen molar-refractivity contribution in [3.8, 4) is 0 Å². The number of nitrogens with zero attached hydrogens (tertiary/aromatic N) is 1. The summed E-state index contributed by atoms with van der Waals surface area (Å²) in [5.41, 5.74) is 1.45. The predicted octanol–water partition coefficient (Wildman–Crippen LogP) is 4.67. The van der Waals surface area contributed by atoms with Gasteiger partial charge in [0.25, 0.3) is 0 Å². The summed E-state index contributed by atoms with van der Waals surface area (Å²) in [6.45, 7) is 9.43. The summed E-state index contributed by atoms with van der Waals surface area (Å²) in [5.74, 6) is 0.149. The molecular weight excluding hydrogens is 529 g/mol. The minimum Gasteiger partial charge on any atom is -0.356 e. The number of piperidine rings is 1. The second-order valence-corrected chi connectivity index (χ2v) is 14.2. The van der Waals surface area contributed by atoms with Crippen LogP contribution in [0.1, 0.15) is 70.0 Å². The summed E-state index contributed by atoms with van der Waals surface area (Å²) in [6, 6.07) is 12.7. The van der Waals surface area contributed by atoms with Crippen molar-refractivity contribution in [2.24, 2.45) is 11.3 Å². The first kappa shape index (κ1) is 31.7. The number of hydrogen-bond donors (Lipinski definition) is 2. The topological polar surface area (TPSA) is 95.6 Å². The number of hydrogen-bond acceptors (Lipinski definition) is 5. The van der Waals surface area contributed by atoms with Crippen LogP contribution in [0, 0.1) is 17.2 Å². The molecule has 1 aliphatic heterocycles. The number of amides is 2. The van der Waals surface area contributed by atoms with Crippen LogP contribution in [0.3, 0.4) is 0 Å². The molecule has 2 amide bonds. The van der Waals surface area contributed by atoms with E-state index >= 15 is 0 Å². The fraction of sp³-hybridized carbons (Fsp3) is 0.548. The van der Waals surface area contributed by atoms with Crippen molar-refractivity contribution in [3.63, 3.8) is 0 Å².